The number of ether oxygens (including phenoxy) is 4. The predicted octanol–water partition coefficient (Wildman–Crippen LogP) is 2.12. The van der Waals surface area contributed by atoms with Crippen molar-refractivity contribution in [2.45, 2.75) is 25.7 Å². The van der Waals surface area contributed by atoms with Gasteiger partial charge in [-0.15, -0.1) is 0 Å². The lowest BCUT2D eigenvalue weighted by atomic mass is 9.83. The minimum Gasteiger partial charge on any atom is -0.384 e. The molecule has 4 nitrogen and oxygen atoms in total. The first-order valence-electron chi connectivity index (χ1n) is 7.00. The quantitative estimate of drug-likeness (QED) is 0.564. The highest BCUT2D eigenvalue weighted by Gasteiger charge is 2.20. The van der Waals surface area contributed by atoms with Crippen molar-refractivity contribution in [1.82, 2.24) is 0 Å². The molecule has 0 radical (unpaired) electrons. The van der Waals surface area contributed by atoms with Crippen LogP contribution in [0, 0.1) is 11.8 Å². The Hall–Kier alpha value is -0.160. The molecule has 108 valence electrons. The molecule has 1 aliphatic carbocycles. The minimum atomic E-state index is 0.655. The molecule has 0 aromatic heterocycles. The number of hydrogen-bond donors (Lipinski definition) is 0. The van der Waals surface area contributed by atoms with Crippen LogP contribution in [0.5, 0.6) is 0 Å². The highest BCUT2D eigenvalue weighted by atomic mass is 16.5. The standard InChI is InChI=1S/C14H28O4/c1-15-7-8-17-9-10-18-12-14-5-3-13(4-6-14)11-16-2/h13-14H,3-12H2,1-2H3. The Balaban J connectivity index is 1.88. The monoisotopic (exact) mass is 260 g/mol. The molecule has 0 heterocycles. The molecule has 0 N–H and O–H groups in total. The summed E-state index contributed by atoms with van der Waals surface area (Å²) < 4.78 is 21.1. The van der Waals surface area contributed by atoms with Crippen molar-refractivity contribution in [2.75, 3.05) is 53.9 Å². The van der Waals surface area contributed by atoms with Crippen LogP contribution in [-0.4, -0.2) is 53.9 Å². The second kappa shape index (κ2) is 10.7. The highest BCUT2D eigenvalue weighted by Crippen LogP contribution is 2.28. The Bertz CT molecular complexity index is 179. The van der Waals surface area contributed by atoms with Gasteiger partial charge in [-0.3, -0.25) is 0 Å². The SMILES string of the molecule is COCCOCCOCC1CCC(COC)CC1. The third-order valence-electron chi connectivity index (χ3n) is 3.53. The van der Waals surface area contributed by atoms with Gasteiger partial charge in [0.25, 0.3) is 0 Å². The molecule has 0 saturated heterocycles. The second-order valence-electron chi connectivity index (χ2n) is 5.02. The first-order chi connectivity index (χ1) is 8.86. The average molecular weight is 260 g/mol. The first kappa shape index (κ1) is 15.9. The lowest BCUT2D eigenvalue weighted by Gasteiger charge is -2.27. The maximum Gasteiger partial charge on any atom is 0.0701 e. The van der Waals surface area contributed by atoms with Gasteiger partial charge >= 0.3 is 0 Å². The van der Waals surface area contributed by atoms with E-state index in [0.717, 1.165) is 25.0 Å². The maximum absolute atomic E-state index is 5.65. The molecule has 0 aromatic rings. The van der Waals surface area contributed by atoms with Gasteiger partial charge in [0.05, 0.1) is 26.4 Å². The van der Waals surface area contributed by atoms with E-state index in [9.17, 15) is 0 Å². The zero-order chi connectivity index (χ0) is 13.1. The van der Waals surface area contributed by atoms with Crippen LogP contribution >= 0.6 is 0 Å². The number of hydrogen-bond acceptors (Lipinski definition) is 4. The molecule has 0 bridgehead atoms. The van der Waals surface area contributed by atoms with Crippen molar-refractivity contribution in [3.8, 4) is 0 Å². The van der Waals surface area contributed by atoms with Crippen molar-refractivity contribution in [3.05, 3.63) is 0 Å². The van der Waals surface area contributed by atoms with Gasteiger partial charge < -0.3 is 18.9 Å². The Morgan fingerprint density at radius 3 is 1.83 bits per heavy atom. The number of rotatable bonds is 10. The minimum absolute atomic E-state index is 0.655. The van der Waals surface area contributed by atoms with Crippen molar-refractivity contribution in [3.63, 3.8) is 0 Å². The third kappa shape index (κ3) is 7.31. The summed E-state index contributed by atoms with van der Waals surface area (Å²) >= 11 is 0. The van der Waals surface area contributed by atoms with Gasteiger partial charge in [0.2, 0.25) is 0 Å². The second-order valence-corrected chi connectivity index (χ2v) is 5.02. The lowest BCUT2D eigenvalue weighted by molar-refractivity contribution is 0.00789. The van der Waals surface area contributed by atoms with E-state index in [1.54, 1.807) is 14.2 Å². The largest absolute Gasteiger partial charge is 0.384 e. The van der Waals surface area contributed by atoms with Crippen molar-refractivity contribution in [2.24, 2.45) is 11.8 Å². The number of methoxy groups -OCH3 is 2. The lowest BCUT2D eigenvalue weighted by Crippen LogP contribution is -2.22. The van der Waals surface area contributed by atoms with E-state index in [-0.39, 0.29) is 0 Å². The molecule has 0 spiro atoms. The molecule has 0 aliphatic heterocycles. The van der Waals surface area contributed by atoms with E-state index >= 15 is 0 Å². The zero-order valence-electron chi connectivity index (χ0n) is 11.9. The summed E-state index contributed by atoms with van der Waals surface area (Å²) in [6.07, 6.45) is 5.12. The van der Waals surface area contributed by atoms with Gasteiger partial charge in [-0.05, 0) is 37.5 Å². The van der Waals surface area contributed by atoms with E-state index in [1.807, 2.05) is 0 Å². The summed E-state index contributed by atoms with van der Waals surface area (Å²) in [6.45, 7) is 4.48. The van der Waals surface area contributed by atoms with Crippen molar-refractivity contribution in [1.29, 1.82) is 0 Å². The van der Waals surface area contributed by atoms with Crippen LogP contribution in [0.25, 0.3) is 0 Å². The fourth-order valence-electron chi connectivity index (χ4n) is 2.41. The normalized spacial score (nSPS) is 24.3. The molecule has 4 heteroatoms. The summed E-state index contributed by atoms with van der Waals surface area (Å²) in [6, 6.07) is 0. The van der Waals surface area contributed by atoms with Gasteiger partial charge in [-0.2, -0.15) is 0 Å². The van der Waals surface area contributed by atoms with Gasteiger partial charge in [0.15, 0.2) is 0 Å². The molecule has 0 atom stereocenters. The van der Waals surface area contributed by atoms with Gasteiger partial charge in [0, 0.05) is 27.4 Å². The van der Waals surface area contributed by atoms with Crippen LogP contribution < -0.4 is 0 Å². The summed E-state index contributed by atoms with van der Waals surface area (Å²) in [5.74, 6) is 1.50. The van der Waals surface area contributed by atoms with Gasteiger partial charge in [0.1, 0.15) is 0 Å². The molecule has 18 heavy (non-hydrogen) atoms. The molecule has 0 unspecified atom stereocenters. The fourth-order valence-corrected chi connectivity index (χ4v) is 2.41. The fraction of sp³-hybridized carbons (Fsp3) is 1.00. The smallest absolute Gasteiger partial charge is 0.0701 e. The topological polar surface area (TPSA) is 36.9 Å². The Morgan fingerprint density at radius 2 is 1.22 bits per heavy atom. The highest BCUT2D eigenvalue weighted by molar-refractivity contribution is 4.72. The van der Waals surface area contributed by atoms with Crippen LogP contribution in [-0.2, 0) is 18.9 Å². The summed E-state index contributed by atoms with van der Waals surface area (Å²) in [4.78, 5) is 0. The Morgan fingerprint density at radius 1 is 0.667 bits per heavy atom. The molecule has 1 aliphatic rings. The zero-order valence-corrected chi connectivity index (χ0v) is 11.9. The summed E-state index contributed by atoms with van der Waals surface area (Å²) in [5.41, 5.74) is 0. The molecular formula is C14H28O4. The molecular weight excluding hydrogens is 232 g/mol. The van der Waals surface area contributed by atoms with Gasteiger partial charge in [-0.1, -0.05) is 0 Å². The van der Waals surface area contributed by atoms with E-state index in [4.69, 9.17) is 18.9 Å². The van der Waals surface area contributed by atoms with Crippen LogP contribution in [0.1, 0.15) is 25.7 Å². The molecule has 0 amide bonds. The van der Waals surface area contributed by atoms with Crippen LogP contribution in [0.3, 0.4) is 0 Å². The van der Waals surface area contributed by atoms with Crippen LogP contribution in [0.2, 0.25) is 0 Å². The predicted molar refractivity (Wildman–Crippen MR) is 70.8 cm³/mol. The van der Waals surface area contributed by atoms with E-state index in [1.165, 1.54) is 25.7 Å². The van der Waals surface area contributed by atoms with Crippen LogP contribution in [0.4, 0.5) is 0 Å². The summed E-state index contributed by atoms with van der Waals surface area (Å²) in [7, 11) is 3.47. The van der Waals surface area contributed by atoms with Gasteiger partial charge in [-0.25, -0.2) is 0 Å². The van der Waals surface area contributed by atoms with E-state index in [2.05, 4.69) is 0 Å². The van der Waals surface area contributed by atoms with E-state index < -0.39 is 0 Å². The Labute approximate surface area is 111 Å². The van der Waals surface area contributed by atoms with E-state index in [0.29, 0.717) is 26.4 Å². The Kier molecular flexibility index (Phi) is 9.48. The van der Waals surface area contributed by atoms with Crippen molar-refractivity contribution < 1.29 is 18.9 Å². The third-order valence-corrected chi connectivity index (χ3v) is 3.53. The van der Waals surface area contributed by atoms with Crippen LogP contribution in [0.15, 0.2) is 0 Å². The average Bonchev–Trinajstić information content (AvgIpc) is 2.40. The molecule has 0 aromatic carbocycles. The maximum atomic E-state index is 5.65. The first-order valence-corrected chi connectivity index (χ1v) is 7.00. The van der Waals surface area contributed by atoms with Crippen molar-refractivity contribution >= 4 is 0 Å². The molecule has 1 saturated carbocycles. The summed E-state index contributed by atoms with van der Waals surface area (Å²) in [5, 5.41) is 0. The molecule has 1 rings (SSSR count). The molecule has 1 fully saturated rings.